The minimum absolute atomic E-state index is 0.134. The first-order valence-electron chi connectivity index (χ1n) is 21.4. The molecule has 1 aromatic heterocycles. The number of hydrogen-bond acceptors (Lipinski definition) is 2. The van der Waals surface area contributed by atoms with Gasteiger partial charge < -0.3 is 9.32 Å². The fourth-order valence-electron chi connectivity index (χ4n) is 11.6. The smallest absolute Gasteiger partial charge is 0.143 e. The highest BCUT2D eigenvalue weighted by Gasteiger charge is 2.53. The lowest BCUT2D eigenvalue weighted by Crippen LogP contribution is -2.27. The molecule has 13 rings (SSSR count). The molecule has 1 spiro atoms. The van der Waals surface area contributed by atoms with Crippen LogP contribution in [0.5, 0.6) is 0 Å². The third-order valence-corrected chi connectivity index (χ3v) is 14.2. The fourth-order valence-corrected chi connectivity index (χ4v) is 11.6. The van der Waals surface area contributed by atoms with E-state index in [2.05, 4.69) is 220 Å². The molecule has 2 nitrogen and oxygen atoms in total. The Morgan fingerprint density at radius 2 is 1.02 bits per heavy atom. The zero-order valence-electron chi connectivity index (χ0n) is 34.3. The predicted octanol–water partition coefficient (Wildman–Crippen LogP) is 15.7. The van der Waals surface area contributed by atoms with Crippen molar-refractivity contribution < 1.29 is 4.42 Å². The number of furan rings is 1. The molecular formula is C59H41NO. The number of fused-ring (bicyclic) bond motifs is 17. The van der Waals surface area contributed by atoms with Gasteiger partial charge in [0.05, 0.1) is 5.41 Å². The maximum Gasteiger partial charge on any atom is 0.143 e. The first-order valence-corrected chi connectivity index (χ1v) is 21.4. The van der Waals surface area contributed by atoms with Gasteiger partial charge in [-0.25, -0.2) is 0 Å². The Morgan fingerprint density at radius 3 is 1.82 bits per heavy atom. The molecule has 9 aromatic carbocycles. The van der Waals surface area contributed by atoms with Crippen LogP contribution in [0.3, 0.4) is 0 Å². The molecule has 1 atom stereocenters. The summed E-state index contributed by atoms with van der Waals surface area (Å²) in [4.78, 5) is 2.47. The monoisotopic (exact) mass is 779 g/mol. The number of benzene rings is 9. The molecule has 0 bridgehead atoms. The van der Waals surface area contributed by atoms with E-state index in [-0.39, 0.29) is 5.41 Å². The summed E-state index contributed by atoms with van der Waals surface area (Å²) in [6.07, 6.45) is 0. The summed E-state index contributed by atoms with van der Waals surface area (Å²) in [7, 11) is 0. The minimum atomic E-state index is -0.546. The van der Waals surface area contributed by atoms with Gasteiger partial charge in [0.25, 0.3) is 0 Å². The summed E-state index contributed by atoms with van der Waals surface area (Å²) < 4.78 is 6.85. The van der Waals surface area contributed by atoms with E-state index in [1.165, 1.54) is 83.5 Å². The molecule has 10 aromatic rings. The van der Waals surface area contributed by atoms with E-state index in [0.29, 0.717) is 0 Å². The first kappa shape index (κ1) is 34.4. The summed E-state index contributed by atoms with van der Waals surface area (Å²) in [5, 5.41) is 2.31. The molecule has 0 saturated carbocycles. The number of aryl methyl sites for hydroxylation is 1. The van der Waals surface area contributed by atoms with Crippen molar-refractivity contribution >= 4 is 39.0 Å². The van der Waals surface area contributed by atoms with Crippen molar-refractivity contribution in [1.29, 1.82) is 0 Å². The molecule has 0 N–H and O–H groups in total. The summed E-state index contributed by atoms with van der Waals surface area (Å²) in [5.74, 6) is 0. The standard InChI is InChI=1S/C59H41NO/c1-36-14-13-20-46-44-31-29-41(35-53(44)59(56(36)46)50-22-11-8-19-48(50)55-51(59)33-32-47-45-18-9-12-23-54(45)61-57(47)55)60(39-26-24-38(25-27-39)37-15-5-4-6-16-37)40-28-30-43-42-17-7-10-21-49(42)58(2,3)52(43)34-40/h4-35H,1-3H3. The first-order chi connectivity index (χ1) is 29.9. The number of anilines is 3. The second-order valence-electron chi connectivity index (χ2n) is 17.6. The van der Waals surface area contributed by atoms with Crippen LogP contribution in [0.25, 0.3) is 66.4 Å². The van der Waals surface area contributed by atoms with Crippen LogP contribution in [-0.2, 0) is 10.8 Å². The Hall–Kier alpha value is -7.42. The fraction of sp³-hybridized carbons (Fsp3) is 0.0847. The second-order valence-corrected chi connectivity index (χ2v) is 17.6. The van der Waals surface area contributed by atoms with Crippen molar-refractivity contribution in [3.8, 4) is 44.5 Å². The zero-order valence-corrected chi connectivity index (χ0v) is 34.3. The van der Waals surface area contributed by atoms with Crippen LogP contribution < -0.4 is 4.90 Å². The van der Waals surface area contributed by atoms with Crippen LogP contribution in [0.4, 0.5) is 17.1 Å². The molecule has 2 heteroatoms. The second kappa shape index (κ2) is 12.3. The van der Waals surface area contributed by atoms with E-state index in [1.54, 1.807) is 0 Å². The SMILES string of the molecule is Cc1cccc2c1C1(c3cc(N(c4ccc(-c5ccccc5)cc4)c4ccc5c(c4)C(C)(C)c4ccccc4-5)ccc3-2)c2ccccc2-c2c1ccc1c2oc2ccccc21. The van der Waals surface area contributed by atoms with E-state index in [9.17, 15) is 0 Å². The summed E-state index contributed by atoms with van der Waals surface area (Å²) >= 11 is 0. The largest absolute Gasteiger partial charge is 0.455 e. The third kappa shape index (κ3) is 4.52. The van der Waals surface area contributed by atoms with Gasteiger partial charge in [0.1, 0.15) is 11.2 Å². The average Bonchev–Trinajstić information content (AvgIpc) is 3.99. The molecule has 288 valence electrons. The van der Waals surface area contributed by atoms with Crippen molar-refractivity contribution in [3.05, 3.63) is 233 Å². The van der Waals surface area contributed by atoms with E-state index < -0.39 is 5.41 Å². The van der Waals surface area contributed by atoms with Gasteiger partial charge in [-0.1, -0.05) is 166 Å². The van der Waals surface area contributed by atoms with Gasteiger partial charge in [-0.15, -0.1) is 0 Å². The summed E-state index contributed by atoms with van der Waals surface area (Å²) in [6, 6.07) is 72.1. The molecule has 0 saturated heterocycles. The van der Waals surface area contributed by atoms with E-state index in [4.69, 9.17) is 4.42 Å². The quantitative estimate of drug-likeness (QED) is 0.177. The molecule has 0 amide bonds. The van der Waals surface area contributed by atoms with Gasteiger partial charge >= 0.3 is 0 Å². The zero-order chi connectivity index (χ0) is 40.6. The van der Waals surface area contributed by atoms with Gasteiger partial charge in [0.15, 0.2) is 0 Å². The molecule has 3 aliphatic rings. The molecular weight excluding hydrogens is 739 g/mol. The lowest BCUT2D eigenvalue weighted by atomic mass is 9.69. The number of rotatable bonds is 4. The Morgan fingerprint density at radius 1 is 0.410 bits per heavy atom. The molecule has 61 heavy (non-hydrogen) atoms. The van der Waals surface area contributed by atoms with Crippen molar-refractivity contribution in [3.63, 3.8) is 0 Å². The number of para-hydroxylation sites is 1. The molecule has 3 aliphatic carbocycles. The van der Waals surface area contributed by atoms with E-state index >= 15 is 0 Å². The van der Waals surface area contributed by atoms with Gasteiger partial charge in [0, 0.05) is 38.8 Å². The highest BCUT2D eigenvalue weighted by molar-refractivity contribution is 6.13. The lowest BCUT2D eigenvalue weighted by molar-refractivity contribution is 0.660. The van der Waals surface area contributed by atoms with Crippen molar-refractivity contribution in [2.24, 2.45) is 0 Å². The maximum absolute atomic E-state index is 6.85. The third-order valence-electron chi connectivity index (χ3n) is 14.2. The minimum Gasteiger partial charge on any atom is -0.455 e. The highest BCUT2D eigenvalue weighted by Crippen LogP contribution is 2.65. The summed E-state index contributed by atoms with van der Waals surface area (Å²) in [6.45, 7) is 7.03. The van der Waals surface area contributed by atoms with Gasteiger partial charge in [-0.05, 0) is 127 Å². The highest BCUT2D eigenvalue weighted by atomic mass is 16.3. The van der Waals surface area contributed by atoms with Crippen LogP contribution in [0.1, 0.15) is 52.8 Å². The molecule has 1 heterocycles. The van der Waals surface area contributed by atoms with Crippen LogP contribution in [0, 0.1) is 6.92 Å². The van der Waals surface area contributed by atoms with E-state index in [0.717, 1.165) is 39.0 Å². The molecule has 0 aliphatic heterocycles. The average molecular weight is 780 g/mol. The molecule has 0 fully saturated rings. The Bertz CT molecular complexity index is 3460. The van der Waals surface area contributed by atoms with Gasteiger partial charge in [-0.3, -0.25) is 0 Å². The number of hydrogen-bond donors (Lipinski definition) is 0. The van der Waals surface area contributed by atoms with Gasteiger partial charge in [0.2, 0.25) is 0 Å². The van der Waals surface area contributed by atoms with Crippen LogP contribution >= 0.6 is 0 Å². The lowest BCUT2D eigenvalue weighted by Gasteiger charge is -2.33. The van der Waals surface area contributed by atoms with Crippen molar-refractivity contribution in [2.75, 3.05) is 4.90 Å². The van der Waals surface area contributed by atoms with Crippen LogP contribution in [-0.4, -0.2) is 0 Å². The Kier molecular flexibility index (Phi) is 6.95. The summed E-state index contributed by atoms with van der Waals surface area (Å²) in [5.41, 5.74) is 23.9. The molecule has 1 unspecified atom stereocenters. The Balaban J connectivity index is 1.07. The topological polar surface area (TPSA) is 16.4 Å². The molecule has 0 radical (unpaired) electrons. The van der Waals surface area contributed by atoms with E-state index in [1.807, 2.05) is 0 Å². The Labute approximate surface area is 356 Å². The maximum atomic E-state index is 6.85. The number of nitrogens with zero attached hydrogens (tertiary/aromatic N) is 1. The van der Waals surface area contributed by atoms with Gasteiger partial charge in [-0.2, -0.15) is 0 Å². The normalized spacial score (nSPS) is 16.0. The van der Waals surface area contributed by atoms with Crippen LogP contribution in [0.2, 0.25) is 0 Å². The van der Waals surface area contributed by atoms with Crippen LogP contribution in [0.15, 0.2) is 199 Å². The predicted molar refractivity (Wildman–Crippen MR) is 252 cm³/mol. The van der Waals surface area contributed by atoms with Crippen molar-refractivity contribution in [2.45, 2.75) is 31.6 Å². The van der Waals surface area contributed by atoms with Crippen molar-refractivity contribution in [1.82, 2.24) is 0 Å².